The van der Waals surface area contributed by atoms with Crippen LogP contribution in [-0.2, 0) is 16.0 Å². The molecule has 0 unspecified atom stereocenters. The second-order valence-electron chi connectivity index (χ2n) is 5.34. The minimum absolute atomic E-state index is 0.179. The van der Waals surface area contributed by atoms with Gasteiger partial charge in [-0.3, -0.25) is 9.69 Å². The van der Waals surface area contributed by atoms with E-state index in [1.54, 1.807) is 4.68 Å². The van der Waals surface area contributed by atoms with Crippen molar-refractivity contribution in [1.82, 2.24) is 14.7 Å². The average molecular weight is 320 g/mol. The highest BCUT2D eigenvalue weighted by molar-refractivity contribution is 6.30. The predicted molar refractivity (Wildman–Crippen MR) is 84.5 cm³/mol. The maximum atomic E-state index is 12.1. The van der Waals surface area contributed by atoms with Crippen molar-refractivity contribution in [3.05, 3.63) is 47.2 Å². The molecule has 2 aromatic rings. The Kier molecular flexibility index (Phi) is 4.87. The van der Waals surface area contributed by atoms with Crippen molar-refractivity contribution in [3.8, 4) is 5.69 Å². The van der Waals surface area contributed by atoms with E-state index in [1.807, 2.05) is 36.5 Å². The molecule has 116 valence electrons. The maximum absolute atomic E-state index is 12.1. The summed E-state index contributed by atoms with van der Waals surface area (Å²) in [5.74, 6) is 0.179. The van der Waals surface area contributed by atoms with E-state index < -0.39 is 0 Å². The minimum Gasteiger partial charge on any atom is -0.379 e. The Morgan fingerprint density at radius 3 is 2.86 bits per heavy atom. The zero-order valence-corrected chi connectivity index (χ0v) is 13.0. The smallest absolute Gasteiger partial charge is 0.152 e. The standard InChI is InChI=1S/C16H18ClN3O2/c17-13-2-1-3-15(10-13)20-5-4-14(18-20)11-16(21)12-19-6-8-22-9-7-19/h1-5,10H,6-9,11-12H2. The fourth-order valence-electron chi connectivity index (χ4n) is 2.48. The lowest BCUT2D eigenvalue weighted by Gasteiger charge is -2.25. The van der Waals surface area contributed by atoms with Gasteiger partial charge in [0, 0.05) is 24.3 Å². The molecule has 1 fully saturated rings. The Bertz CT molecular complexity index is 650. The third-order valence-corrected chi connectivity index (χ3v) is 3.83. The molecule has 2 heterocycles. The Morgan fingerprint density at radius 2 is 2.09 bits per heavy atom. The van der Waals surface area contributed by atoms with Crippen LogP contribution in [0.15, 0.2) is 36.5 Å². The monoisotopic (exact) mass is 319 g/mol. The summed E-state index contributed by atoms with van der Waals surface area (Å²) in [4.78, 5) is 14.3. The van der Waals surface area contributed by atoms with Crippen LogP contribution in [0.2, 0.25) is 5.02 Å². The van der Waals surface area contributed by atoms with Crippen molar-refractivity contribution in [2.24, 2.45) is 0 Å². The molecular formula is C16H18ClN3O2. The molecule has 22 heavy (non-hydrogen) atoms. The van der Waals surface area contributed by atoms with Gasteiger partial charge in [0.05, 0.1) is 37.6 Å². The summed E-state index contributed by atoms with van der Waals surface area (Å²) in [6.07, 6.45) is 2.20. The van der Waals surface area contributed by atoms with E-state index >= 15 is 0 Å². The van der Waals surface area contributed by atoms with Crippen molar-refractivity contribution in [2.75, 3.05) is 32.8 Å². The third kappa shape index (κ3) is 3.94. The van der Waals surface area contributed by atoms with E-state index in [1.165, 1.54) is 0 Å². The van der Waals surface area contributed by atoms with Gasteiger partial charge in [-0.2, -0.15) is 5.10 Å². The minimum atomic E-state index is 0.179. The number of hydrogen-bond acceptors (Lipinski definition) is 4. The van der Waals surface area contributed by atoms with Crippen molar-refractivity contribution in [3.63, 3.8) is 0 Å². The summed E-state index contributed by atoms with van der Waals surface area (Å²) < 4.78 is 7.02. The number of benzene rings is 1. The molecule has 0 atom stereocenters. The number of morpholine rings is 1. The van der Waals surface area contributed by atoms with Crippen molar-refractivity contribution in [1.29, 1.82) is 0 Å². The summed E-state index contributed by atoms with van der Waals surface area (Å²) in [5, 5.41) is 5.11. The molecule has 0 bridgehead atoms. The Labute approximate surface area is 134 Å². The first-order chi connectivity index (χ1) is 10.7. The van der Waals surface area contributed by atoms with Gasteiger partial charge in [0.1, 0.15) is 0 Å². The first kappa shape index (κ1) is 15.2. The largest absolute Gasteiger partial charge is 0.379 e. The first-order valence-electron chi connectivity index (χ1n) is 7.33. The Balaban J connectivity index is 1.60. The first-order valence-corrected chi connectivity index (χ1v) is 7.71. The van der Waals surface area contributed by atoms with E-state index in [0.29, 0.717) is 31.2 Å². The maximum Gasteiger partial charge on any atom is 0.152 e. The highest BCUT2D eigenvalue weighted by Gasteiger charge is 2.15. The summed E-state index contributed by atoms with van der Waals surface area (Å²) in [7, 11) is 0. The van der Waals surface area contributed by atoms with Crippen LogP contribution < -0.4 is 0 Å². The number of nitrogens with zero attached hydrogens (tertiary/aromatic N) is 3. The normalized spacial score (nSPS) is 15.9. The van der Waals surface area contributed by atoms with Gasteiger partial charge in [0.2, 0.25) is 0 Å². The fraction of sp³-hybridized carbons (Fsp3) is 0.375. The number of ether oxygens (including phenoxy) is 1. The predicted octanol–water partition coefficient (Wildman–Crippen LogP) is 1.97. The van der Waals surface area contributed by atoms with Gasteiger partial charge in [0.15, 0.2) is 5.78 Å². The Morgan fingerprint density at radius 1 is 1.27 bits per heavy atom. The number of carbonyl (C=O) groups excluding carboxylic acids is 1. The van der Waals surface area contributed by atoms with Gasteiger partial charge >= 0.3 is 0 Å². The van der Waals surface area contributed by atoms with E-state index in [9.17, 15) is 4.79 Å². The molecule has 1 aromatic carbocycles. The average Bonchev–Trinajstić information content (AvgIpc) is 2.96. The Hall–Kier alpha value is -1.69. The summed E-state index contributed by atoms with van der Waals surface area (Å²) >= 11 is 5.98. The van der Waals surface area contributed by atoms with Crippen LogP contribution in [0, 0.1) is 0 Å². The number of Topliss-reactive ketones (excluding diaryl/α,β-unsaturated/α-hetero) is 1. The van der Waals surface area contributed by atoms with E-state index in [2.05, 4.69) is 10.00 Å². The molecule has 6 heteroatoms. The molecule has 0 spiro atoms. The van der Waals surface area contributed by atoms with Crippen molar-refractivity contribution in [2.45, 2.75) is 6.42 Å². The molecule has 0 aliphatic carbocycles. The molecule has 1 saturated heterocycles. The van der Waals surface area contributed by atoms with Crippen molar-refractivity contribution < 1.29 is 9.53 Å². The van der Waals surface area contributed by atoms with E-state index in [4.69, 9.17) is 16.3 Å². The quantitative estimate of drug-likeness (QED) is 0.845. The lowest BCUT2D eigenvalue weighted by Crippen LogP contribution is -2.39. The lowest BCUT2D eigenvalue weighted by atomic mass is 10.2. The van der Waals surface area contributed by atoms with Gasteiger partial charge in [0.25, 0.3) is 0 Å². The number of halogens is 1. The molecule has 0 saturated carbocycles. The zero-order chi connectivity index (χ0) is 15.4. The molecular weight excluding hydrogens is 302 g/mol. The highest BCUT2D eigenvalue weighted by Crippen LogP contribution is 2.14. The molecule has 3 rings (SSSR count). The van der Waals surface area contributed by atoms with Crippen LogP contribution in [0.5, 0.6) is 0 Å². The summed E-state index contributed by atoms with van der Waals surface area (Å²) in [6, 6.07) is 9.34. The number of ketones is 1. The summed E-state index contributed by atoms with van der Waals surface area (Å²) in [5.41, 5.74) is 1.66. The van der Waals surface area contributed by atoms with Gasteiger partial charge in [-0.25, -0.2) is 4.68 Å². The van der Waals surface area contributed by atoms with Crippen LogP contribution in [0.1, 0.15) is 5.69 Å². The highest BCUT2D eigenvalue weighted by atomic mass is 35.5. The molecule has 1 aliphatic rings. The SMILES string of the molecule is O=C(Cc1ccn(-c2cccc(Cl)c2)n1)CN1CCOCC1. The van der Waals surface area contributed by atoms with Crippen LogP contribution in [-0.4, -0.2) is 53.3 Å². The number of hydrogen-bond donors (Lipinski definition) is 0. The van der Waals surface area contributed by atoms with Crippen LogP contribution in [0.25, 0.3) is 5.69 Å². The molecule has 5 nitrogen and oxygen atoms in total. The second kappa shape index (κ2) is 7.05. The zero-order valence-electron chi connectivity index (χ0n) is 12.2. The number of carbonyl (C=O) groups is 1. The van der Waals surface area contributed by atoms with Gasteiger partial charge in [-0.1, -0.05) is 17.7 Å². The fourth-order valence-corrected chi connectivity index (χ4v) is 2.67. The van der Waals surface area contributed by atoms with Crippen molar-refractivity contribution >= 4 is 17.4 Å². The molecule has 0 amide bonds. The molecule has 0 N–H and O–H groups in total. The number of aromatic nitrogens is 2. The molecule has 0 radical (unpaired) electrons. The van der Waals surface area contributed by atoms with E-state index in [0.717, 1.165) is 24.5 Å². The third-order valence-electron chi connectivity index (χ3n) is 3.60. The lowest BCUT2D eigenvalue weighted by molar-refractivity contribution is -0.120. The van der Waals surface area contributed by atoms with Gasteiger partial charge < -0.3 is 4.74 Å². The summed E-state index contributed by atoms with van der Waals surface area (Å²) in [6.45, 7) is 3.52. The van der Waals surface area contributed by atoms with Gasteiger partial charge in [-0.15, -0.1) is 0 Å². The van der Waals surface area contributed by atoms with Crippen LogP contribution >= 0.6 is 11.6 Å². The molecule has 1 aromatic heterocycles. The van der Waals surface area contributed by atoms with Crippen LogP contribution in [0.4, 0.5) is 0 Å². The topological polar surface area (TPSA) is 47.4 Å². The van der Waals surface area contributed by atoms with E-state index in [-0.39, 0.29) is 5.78 Å². The van der Waals surface area contributed by atoms with Gasteiger partial charge in [-0.05, 0) is 24.3 Å². The molecule has 1 aliphatic heterocycles. The number of rotatable bonds is 5. The second-order valence-corrected chi connectivity index (χ2v) is 5.77. The van der Waals surface area contributed by atoms with Crippen LogP contribution in [0.3, 0.4) is 0 Å².